The second-order valence-corrected chi connectivity index (χ2v) is 11.2. The number of allylic oxidation sites excluding steroid dienone is 2. The molecule has 4 rings (SSSR count). The van der Waals surface area contributed by atoms with Crippen LogP contribution in [0, 0.1) is 11.8 Å². The van der Waals surface area contributed by atoms with Crippen LogP contribution in [0.15, 0.2) is 72.8 Å². The van der Waals surface area contributed by atoms with Crippen molar-refractivity contribution >= 4 is 23.6 Å². The van der Waals surface area contributed by atoms with Gasteiger partial charge in [0.05, 0.1) is 11.8 Å². The van der Waals surface area contributed by atoms with Crippen molar-refractivity contribution in [2.24, 2.45) is 11.8 Å². The molecule has 1 aliphatic heterocycles. The highest BCUT2D eigenvalue weighted by molar-refractivity contribution is 6.05. The average molecular weight is 516 g/mol. The van der Waals surface area contributed by atoms with E-state index in [2.05, 4.69) is 5.32 Å². The molecule has 7 nitrogen and oxygen atoms in total. The maximum Gasteiger partial charge on any atom is 0.243 e. The highest BCUT2D eigenvalue weighted by Gasteiger charge is 2.47. The van der Waals surface area contributed by atoms with Crippen molar-refractivity contribution in [2.45, 2.75) is 64.6 Å². The van der Waals surface area contributed by atoms with Gasteiger partial charge in [0.25, 0.3) is 0 Å². The number of nitrogens with zero attached hydrogens (tertiary/aromatic N) is 2. The molecule has 0 unspecified atom stereocenters. The van der Waals surface area contributed by atoms with Crippen molar-refractivity contribution in [3.63, 3.8) is 0 Å². The highest BCUT2D eigenvalue weighted by Crippen LogP contribution is 2.35. The minimum Gasteiger partial charge on any atom is -0.350 e. The molecule has 2 aromatic rings. The van der Waals surface area contributed by atoms with E-state index in [1.54, 1.807) is 4.90 Å². The molecule has 1 heterocycles. The van der Waals surface area contributed by atoms with Crippen LogP contribution in [0.25, 0.3) is 0 Å². The first-order valence-corrected chi connectivity index (χ1v) is 13.3. The number of amides is 4. The monoisotopic (exact) mass is 515 g/mol. The normalized spacial score (nSPS) is 19.7. The Hall–Kier alpha value is -3.74. The summed E-state index contributed by atoms with van der Waals surface area (Å²) in [5.74, 6) is -1.56. The van der Waals surface area contributed by atoms with Gasteiger partial charge in [-0.25, -0.2) is 0 Å². The number of likely N-dealkylation sites (tertiary alicyclic amines) is 1. The number of carbonyl (C=O) groups excluding carboxylic acids is 4. The van der Waals surface area contributed by atoms with Crippen molar-refractivity contribution in [1.82, 2.24) is 15.1 Å². The zero-order valence-electron chi connectivity index (χ0n) is 22.4. The minimum absolute atomic E-state index is 0.0216. The third-order valence-electron chi connectivity index (χ3n) is 7.11. The summed E-state index contributed by atoms with van der Waals surface area (Å²) in [6.07, 6.45) is 5.33. The number of hydrogen-bond donors (Lipinski definition) is 1. The molecular formula is C31H37N3O4. The van der Waals surface area contributed by atoms with Gasteiger partial charge in [-0.1, -0.05) is 72.8 Å². The van der Waals surface area contributed by atoms with Gasteiger partial charge in [0.1, 0.15) is 6.04 Å². The average Bonchev–Trinajstić information content (AvgIpc) is 3.14. The van der Waals surface area contributed by atoms with Gasteiger partial charge in [-0.2, -0.15) is 0 Å². The summed E-state index contributed by atoms with van der Waals surface area (Å²) in [5, 5.41) is 3.05. The first-order valence-electron chi connectivity index (χ1n) is 13.3. The van der Waals surface area contributed by atoms with Crippen molar-refractivity contribution in [3.05, 3.63) is 83.9 Å². The van der Waals surface area contributed by atoms with E-state index in [0.29, 0.717) is 19.3 Å². The van der Waals surface area contributed by atoms with Crippen molar-refractivity contribution in [3.8, 4) is 0 Å². The Labute approximate surface area is 224 Å². The van der Waals surface area contributed by atoms with E-state index >= 15 is 0 Å². The lowest BCUT2D eigenvalue weighted by molar-refractivity contribution is -0.144. The number of benzene rings is 2. The predicted molar refractivity (Wildman–Crippen MR) is 146 cm³/mol. The molecule has 38 heavy (non-hydrogen) atoms. The zero-order valence-corrected chi connectivity index (χ0v) is 22.4. The molecule has 2 aliphatic rings. The Kier molecular flexibility index (Phi) is 8.45. The van der Waals surface area contributed by atoms with Crippen molar-refractivity contribution in [1.29, 1.82) is 0 Å². The number of fused-ring (bicyclic) bond motifs is 1. The lowest BCUT2D eigenvalue weighted by Gasteiger charge is -2.34. The van der Waals surface area contributed by atoms with Gasteiger partial charge in [0, 0.05) is 31.5 Å². The Morgan fingerprint density at radius 3 is 1.95 bits per heavy atom. The fraction of sp³-hybridized carbons (Fsp3) is 0.419. The third kappa shape index (κ3) is 6.57. The van der Waals surface area contributed by atoms with Gasteiger partial charge in [-0.15, -0.1) is 0 Å². The number of rotatable bonds is 9. The van der Waals surface area contributed by atoms with Crippen LogP contribution in [0.5, 0.6) is 0 Å². The van der Waals surface area contributed by atoms with E-state index in [0.717, 1.165) is 11.1 Å². The van der Waals surface area contributed by atoms with Gasteiger partial charge >= 0.3 is 0 Å². The maximum atomic E-state index is 13.8. The van der Waals surface area contributed by atoms with Crippen LogP contribution in [-0.2, 0) is 32.1 Å². The van der Waals surface area contributed by atoms with Crippen LogP contribution in [0.1, 0.15) is 51.2 Å². The first-order chi connectivity index (χ1) is 18.1. The summed E-state index contributed by atoms with van der Waals surface area (Å²) in [5.41, 5.74) is 1.36. The third-order valence-corrected chi connectivity index (χ3v) is 7.11. The molecule has 1 aliphatic carbocycles. The van der Waals surface area contributed by atoms with E-state index in [9.17, 15) is 19.2 Å². The summed E-state index contributed by atoms with van der Waals surface area (Å²) in [7, 11) is 0. The second kappa shape index (κ2) is 11.8. The first kappa shape index (κ1) is 27.3. The topological polar surface area (TPSA) is 86.8 Å². The predicted octanol–water partition coefficient (Wildman–Crippen LogP) is 3.88. The molecule has 1 fully saturated rings. The van der Waals surface area contributed by atoms with Crippen molar-refractivity contribution in [2.75, 3.05) is 6.54 Å². The smallest absolute Gasteiger partial charge is 0.243 e. The Morgan fingerprint density at radius 1 is 0.895 bits per heavy atom. The minimum atomic E-state index is -0.763. The van der Waals surface area contributed by atoms with Crippen LogP contribution in [0.3, 0.4) is 0 Å². The van der Waals surface area contributed by atoms with E-state index in [4.69, 9.17) is 0 Å². The van der Waals surface area contributed by atoms with Gasteiger partial charge in [-0.3, -0.25) is 24.1 Å². The van der Waals surface area contributed by atoms with Gasteiger partial charge in [0.2, 0.25) is 23.6 Å². The molecule has 1 N–H and O–H groups in total. The molecule has 1 saturated heterocycles. The second-order valence-electron chi connectivity index (χ2n) is 11.2. The molecule has 0 aromatic heterocycles. The van der Waals surface area contributed by atoms with Crippen LogP contribution < -0.4 is 5.32 Å². The number of imide groups is 1. The molecule has 0 radical (unpaired) electrons. The molecule has 0 bridgehead atoms. The van der Waals surface area contributed by atoms with Crippen LogP contribution in [0.4, 0.5) is 0 Å². The van der Waals surface area contributed by atoms with Crippen LogP contribution in [0.2, 0.25) is 0 Å². The van der Waals surface area contributed by atoms with Crippen LogP contribution in [-0.4, -0.2) is 51.6 Å². The van der Waals surface area contributed by atoms with Crippen LogP contribution >= 0.6 is 0 Å². The van der Waals surface area contributed by atoms with Gasteiger partial charge in [-0.05, 0) is 44.7 Å². The Morgan fingerprint density at radius 2 is 1.42 bits per heavy atom. The number of nitrogens with one attached hydrogen (secondary N) is 1. The van der Waals surface area contributed by atoms with E-state index in [1.165, 1.54) is 4.90 Å². The zero-order chi connectivity index (χ0) is 27.3. The van der Waals surface area contributed by atoms with Gasteiger partial charge in [0.15, 0.2) is 0 Å². The number of hydrogen-bond acceptors (Lipinski definition) is 4. The van der Waals surface area contributed by atoms with E-state index < -0.39 is 11.6 Å². The molecule has 2 aromatic carbocycles. The summed E-state index contributed by atoms with van der Waals surface area (Å²) in [4.78, 5) is 56.2. The molecule has 200 valence electrons. The van der Waals surface area contributed by atoms with Crippen molar-refractivity contribution < 1.29 is 19.2 Å². The Balaban J connectivity index is 1.58. The Bertz CT molecular complexity index is 1160. The quantitative estimate of drug-likeness (QED) is 0.406. The fourth-order valence-corrected chi connectivity index (χ4v) is 5.23. The molecule has 3 atom stereocenters. The standard InChI is InChI=1S/C31H37N3O4/c1-31(2,3)32-28(36)26(20-22-12-6-4-7-13-22)34(21-23-14-8-5-9-15-23)27(35)18-19-33-29(37)24-16-10-11-17-25(24)30(33)38/h4-15,24-26H,16-21H2,1-3H3,(H,32,36)/t24-,25+,26-/m1/s1. The number of carbonyl (C=O) groups is 4. The molecule has 0 spiro atoms. The lowest BCUT2D eigenvalue weighted by atomic mass is 9.85. The summed E-state index contributed by atoms with van der Waals surface area (Å²) >= 11 is 0. The molecule has 0 saturated carbocycles. The summed E-state index contributed by atoms with van der Waals surface area (Å²) in [6, 6.07) is 18.4. The molecule has 4 amide bonds. The summed E-state index contributed by atoms with van der Waals surface area (Å²) in [6.45, 7) is 5.99. The lowest BCUT2D eigenvalue weighted by Crippen LogP contribution is -2.54. The van der Waals surface area contributed by atoms with Gasteiger partial charge < -0.3 is 10.2 Å². The van der Waals surface area contributed by atoms with E-state index in [-0.39, 0.29) is 55.0 Å². The molecular weight excluding hydrogens is 478 g/mol. The maximum absolute atomic E-state index is 13.8. The largest absolute Gasteiger partial charge is 0.350 e. The molecule has 7 heteroatoms. The summed E-state index contributed by atoms with van der Waals surface area (Å²) < 4.78 is 0. The van der Waals surface area contributed by atoms with E-state index in [1.807, 2.05) is 93.6 Å². The SMILES string of the molecule is CC(C)(C)NC(=O)[C@@H](Cc1ccccc1)N(Cc1ccccc1)C(=O)CCN1C(=O)[C@H]2CC=CC[C@H]2C1=O. The highest BCUT2D eigenvalue weighted by atomic mass is 16.2. The fourth-order valence-electron chi connectivity index (χ4n) is 5.23.